The monoisotopic (exact) mass is 400 g/mol. The van der Waals surface area contributed by atoms with E-state index in [9.17, 15) is 8.78 Å². The van der Waals surface area contributed by atoms with Gasteiger partial charge >= 0.3 is 0 Å². The third-order valence-electron chi connectivity index (χ3n) is 4.88. The first-order chi connectivity index (χ1) is 13.4. The molecule has 0 radical (unpaired) electrons. The lowest BCUT2D eigenvalue weighted by molar-refractivity contribution is 0.393. The number of aliphatic imine (C=N–C) groups is 1. The molecule has 0 saturated heterocycles. The first kappa shape index (κ1) is 18.6. The number of pyridine rings is 1. The number of rotatable bonds is 3. The molecule has 0 amide bonds. The van der Waals surface area contributed by atoms with Crippen LogP contribution in [0.2, 0.25) is 0 Å². The second kappa shape index (κ2) is 7.01. The zero-order chi connectivity index (χ0) is 19.9. The quantitative estimate of drug-likeness (QED) is 0.688. The Morgan fingerprint density at radius 2 is 2.11 bits per heavy atom. The largest absolute Gasteiger partial charge is 0.378 e. The molecule has 28 heavy (non-hydrogen) atoms. The summed E-state index contributed by atoms with van der Waals surface area (Å²) in [6, 6.07) is 7.26. The van der Waals surface area contributed by atoms with Crippen LogP contribution in [0.3, 0.4) is 0 Å². The van der Waals surface area contributed by atoms with Crippen molar-refractivity contribution >= 4 is 16.9 Å². The van der Waals surface area contributed by atoms with Gasteiger partial charge < -0.3 is 10.3 Å². The van der Waals surface area contributed by atoms with Crippen molar-refractivity contribution in [1.82, 2.24) is 10.1 Å². The zero-order valence-electron chi connectivity index (χ0n) is 15.3. The number of aryl methyl sites for hydroxylation is 1. The fraction of sp³-hybridized carbons (Fsp3) is 0.250. The summed E-state index contributed by atoms with van der Waals surface area (Å²) in [5.41, 5.74) is 7.87. The lowest BCUT2D eigenvalue weighted by atomic mass is 9.85. The molecule has 0 aliphatic carbocycles. The van der Waals surface area contributed by atoms with Crippen LogP contribution >= 0.6 is 11.8 Å². The summed E-state index contributed by atoms with van der Waals surface area (Å²) >= 11 is 1.38. The Labute approximate surface area is 165 Å². The molecule has 2 N–H and O–H groups in total. The van der Waals surface area contributed by atoms with E-state index in [0.29, 0.717) is 28.6 Å². The Kier molecular flexibility index (Phi) is 4.66. The van der Waals surface area contributed by atoms with Crippen molar-refractivity contribution in [3.63, 3.8) is 0 Å². The predicted molar refractivity (Wildman–Crippen MR) is 105 cm³/mol. The van der Waals surface area contributed by atoms with Crippen LogP contribution in [-0.4, -0.2) is 15.3 Å². The molecule has 1 aliphatic rings. The Hall–Kier alpha value is -2.74. The molecule has 8 heteroatoms. The number of hydrogen-bond acceptors (Lipinski definition) is 6. The van der Waals surface area contributed by atoms with Gasteiger partial charge in [0.05, 0.1) is 5.54 Å². The molecule has 2 aromatic heterocycles. The molecule has 144 valence electrons. The Morgan fingerprint density at radius 3 is 2.82 bits per heavy atom. The van der Waals surface area contributed by atoms with Gasteiger partial charge in [0.25, 0.3) is 0 Å². The van der Waals surface area contributed by atoms with Gasteiger partial charge in [0.15, 0.2) is 5.17 Å². The maximum atomic E-state index is 14.5. The summed E-state index contributed by atoms with van der Waals surface area (Å²) in [4.78, 5) is 8.64. The van der Waals surface area contributed by atoms with Gasteiger partial charge in [0, 0.05) is 40.4 Å². The fourth-order valence-corrected chi connectivity index (χ4v) is 4.94. The maximum Gasteiger partial charge on any atom is 0.155 e. The molecule has 1 aliphatic heterocycles. The Morgan fingerprint density at radius 1 is 1.29 bits per heavy atom. The minimum atomic E-state index is -0.937. The third kappa shape index (κ3) is 3.28. The summed E-state index contributed by atoms with van der Waals surface area (Å²) < 4.78 is 33.3. The van der Waals surface area contributed by atoms with Gasteiger partial charge in [0.2, 0.25) is 0 Å². The smallest absolute Gasteiger partial charge is 0.155 e. The number of aromatic nitrogens is 2. The molecule has 0 bridgehead atoms. The summed E-state index contributed by atoms with van der Waals surface area (Å²) in [6.45, 7) is 3.63. The van der Waals surface area contributed by atoms with E-state index in [0.717, 1.165) is 17.2 Å². The van der Waals surface area contributed by atoms with Gasteiger partial charge in [0.1, 0.15) is 23.1 Å². The van der Waals surface area contributed by atoms with E-state index in [1.807, 2.05) is 19.1 Å². The molecule has 2 atom stereocenters. The van der Waals surface area contributed by atoms with E-state index in [-0.39, 0.29) is 5.25 Å². The van der Waals surface area contributed by atoms with Crippen LogP contribution in [0.5, 0.6) is 0 Å². The molecule has 0 spiro atoms. The number of thioether (sulfide) groups is 1. The van der Waals surface area contributed by atoms with Gasteiger partial charge in [-0.25, -0.2) is 8.78 Å². The van der Waals surface area contributed by atoms with E-state index in [1.165, 1.54) is 23.9 Å². The van der Waals surface area contributed by atoms with Gasteiger partial charge in [-0.3, -0.25) is 9.98 Å². The average Bonchev–Trinajstić information content (AvgIpc) is 3.03. The van der Waals surface area contributed by atoms with E-state index in [2.05, 4.69) is 15.1 Å². The molecule has 0 unspecified atom stereocenters. The normalized spacial score (nSPS) is 22.1. The molecule has 0 fully saturated rings. The number of amidine groups is 1. The SMILES string of the molecule is Cc1onc(-c2cccnc2)c1[C@@H]1C[C@@](C)(c2ccc(F)cc2F)N=C(N)S1. The fourth-order valence-electron chi connectivity index (χ4n) is 3.59. The Balaban J connectivity index is 1.78. The van der Waals surface area contributed by atoms with E-state index in [4.69, 9.17) is 10.3 Å². The molecular weight excluding hydrogens is 382 g/mol. The highest BCUT2D eigenvalue weighted by molar-refractivity contribution is 8.14. The predicted octanol–water partition coefficient (Wildman–Crippen LogP) is 4.73. The van der Waals surface area contributed by atoms with Crippen molar-refractivity contribution in [2.24, 2.45) is 10.7 Å². The summed E-state index contributed by atoms with van der Waals surface area (Å²) in [6.07, 6.45) is 3.85. The third-order valence-corrected chi connectivity index (χ3v) is 5.90. The van der Waals surface area contributed by atoms with Crippen molar-refractivity contribution < 1.29 is 13.3 Å². The maximum absolute atomic E-state index is 14.5. The zero-order valence-corrected chi connectivity index (χ0v) is 16.1. The van der Waals surface area contributed by atoms with Crippen molar-refractivity contribution in [2.75, 3.05) is 0 Å². The van der Waals surface area contributed by atoms with Crippen molar-refractivity contribution in [2.45, 2.75) is 31.1 Å². The number of halogens is 2. The summed E-state index contributed by atoms with van der Waals surface area (Å²) in [7, 11) is 0. The number of nitrogens with zero attached hydrogens (tertiary/aromatic N) is 3. The van der Waals surface area contributed by atoms with Crippen LogP contribution in [0.25, 0.3) is 11.3 Å². The summed E-state index contributed by atoms with van der Waals surface area (Å²) in [5.74, 6) is -0.607. The van der Waals surface area contributed by atoms with Crippen LogP contribution in [0.4, 0.5) is 8.78 Å². The number of hydrogen-bond donors (Lipinski definition) is 1. The molecule has 1 aromatic carbocycles. The van der Waals surface area contributed by atoms with Crippen LogP contribution < -0.4 is 5.73 Å². The number of benzene rings is 1. The molecule has 3 aromatic rings. The number of nitrogens with two attached hydrogens (primary N) is 1. The van der Waals surface area contributed by atoms with Crippen molar-refractivity contribution in [3.8, 4) is 11.3 Å². The van der Waals surface area contributed by atoms with Gasteiger partial charge in [-0.15, -0.1) is 0 Å². The van der Waals surface area contributed by atoms with E-state index < -0.39 is 17.2 Å². The van der Waals surface area contributed by atoms with Crippen LogP contribution in [-0.2, 0) is 5.54 Å². The lowest BCUT2D eigenvalue weighted by Crippen LogP contribution is -2.31. The molecule has 5 nitrogen and oxygen atoms in total. The van der Waals surface area contributed by atoms with Crippen LogP contribution in [0.15, 0.2) is 52.2 Å². The standard InChI is InChI=1S/C20H18F2N4OS/c1-11-17(18(26-27-11)12-4-3-7-24-10-12)16-9-20(2,25-19(23)28-16)14-6-5-13(21)8-15(14)22/h3-8,10,16H,9H2,1-2H3,(H2,23,25)/t16-,20-/m0/s1. The highest BCUT2D eigenvalue weighted by atomic mass is 32.2. The van der Waals surface area contributed by atoms with Gasteiger partial charge in [-0.2, -0.15) is 0 Å². The van der Waals surface area contributed by atoms with E-state index >= 15 is 0 Å². The second-order valence-electron chi connectivity index (χ2n) is 6.90. The molecule has 3 heterocycles. The first-order valence-corrected chi connectivity index (χ1v) is 9.59. The van der Waals surface area contributed by atoms with Crippen LogP contribution in [0, 0.1) is 18.6 Å². The van der Waals surface area contributed by atoms with Gasteiger partial charge in [-0.1, -0.05) is 23.0 Å². The Bertz CT molecular complexity index is 1050. The van der Waals surface area contributed by atoms with Crippen molar-refractivity contribution in [1.29, 1.82) is 0 Å². The van der Waals surface area contributed by atoms with Gasteiger partial charge in [-0.05, 0) is 38.5 Å². The van der Waals surface area contributed by atoms with E-state index in [1.54, 1.807) is 19.3 Å². The van der Waals surface area contributed by atoms with Crippen molar-refractivity contribution in [3.05, 3.63) is 71.2 Å². The second-order valence-corrected chi connectivity index (χ2v) is 8.12. The topological polar surface area (TPSA) is 77.3 Å². The highest BCUT2D eigenvalue weighted by Gasteiger charge is 2.39. The molecule has 4 rings (SSSR count). The highest BCUT2D eigenvalue weighted by Crippen LogP contribution is 2.49. The summed E-state index contributed by atoms with van der Waals surface area (Å²) in [5, 5.41) is 4.38. The molecular formula is C20H18F2N4OS. The molecule has 0 saturated carbocycles. The minimum absolute atomic E-state index is 0.159. The average molecular weight is 400 g/mol. The lowest BCUT2D eigenvalue weighted by Gasteiger charge is -2.34. The minimum Gasteiger partial charge on any atom is -0.378 e. The van der Waals surface area contributed by atoms with Crippen LogP contribution in [0.1, 0.15) is 35.5 Å². The first-order valence-electron chi connectivity index (χ1n) is 8.71.